The number of aliphatic hydroxyl groups excluding tert-OH is 1. The van der Waals surface area contributed by atoms with Gasteiger partial charge in [0.25, 0.3) is 0 Å². The van der Waals surface area contributed by atoms with Crippen molar-refractivity contribution in [3.8, 4) is 6.07 Å². The molecule has 0 aromatic rings. The second-order valence-electron chi connectivity index (χ2n) is 8.43. The zero-order valence-electron chi connectivity index (χ0n) is 17.5. The summed E-state index contributed by atoms with van der Waals surface area (Å²) in [6, 6.07) is 1.14. The molecule has 7 nitrogen and oxygen atoms in total. The number of carbonyl (C=O) groups excluding carboxylic acids is 2. The van der Waals surface area contributed by atoms with E-state index in [9.17, 15) is 19.1 Å². The van der Waals surface area contributed by atoms with Crippen LogP contribution in [0.25, 0.3) is 0 Å². The van der Waals surface area contributed by atoms with Gasteiger partial charge in [0.05, 0.1) is 31.8 Å². The van der Waals surface area contributed by atoms with Gasteiger partial charge in [0.1, 0.15) is 12.2 Å². The molecular weight excluding hydrogens is 375 g/mol. The van der Waals surface area contributed by atoms with Crippen LogP contribution in [0.3, 0.4) is 0 Å². The molecule has 1 heterocycles. The average Bonchev–Trinajstić information content (AvgIpc) is 3.12. The molecule has 1 aliphatic heterocycles. The van der Waals surface area contributed by atoms with Crippen molar-refractivity contribution in [1.29, 1.82) is 5.26 Å². The van der Waals surface area contributed by atoms with Crippen LogP contribution in [0.4, 0.5) is 4.39 Å². The van der Waals surface area contributed by atoms with E-state index in [1.54, 1.807) is 0 Å². The molecule has 0 aromatic heterocycles. The van der Waals surface area contributed by atoms with Crippen LogP contribution in [0.2, 0.25) is 0 Å². The van der Waals surface area contributed by atoms with Gasteiger partial charge in [-0.3, -0.25) is 9.59 Å². The van der Waals surface area contributed by atoms with E-state index >= 15 is 0 Å². The Bertz CT molecular complexity index is 585. The van der Waals surface area contributed by atoms with Crippen molar-refractivity contribution in [2.45, 2.75) is 94.9 Å². The lowest BCUT2D eigenvalue weighted by molar-refractivity contribution is -0.131. The van der Waals surface area contributed by atoms with E-state index in [4.69, 9.17) is 5.26 Å². The largest absolute Gasteiger partial charge is 0.394 e. The molecule has 0 aromatic carbocycles. The molecule has 0 spiro atoms. The molecule has 0 radical (unpaired) electrons. The zero-order valence-corrected chi connectivity index (χ0v) is 17.5. The molecule has 164 valence electrons. The third-order valence-corrected chi connectivity index (χ3v) is 6.28. The Morgan fingerprint density at radius 2 is 2.07 bits per heavy atom. The first-order chi connectivity index (χ1) is 13.9. The standard InChI is InChI=1S/C21H35FN4O3/c1-2-17(15-27)25-19(28)7-6-10-21(8-4-3-5-9-21)24-13-20(29)26-14-16(22)11-18(26)12-23/h16-18,24,27H,2-11,13-15H2,1H3,(H,25,28)/t16-,17?,18?/m0/s1. The van der Waals surface area contributed by atoms with Crippen molar-refractivity contribution in [2.24, 2.45) is 0 Å². The smallest absolute Gasteiger partial charge is 0.237 e. The monoisotopic (exact) mass is 410 g/mol. The number of carbonyl (C=O) groups is 2. The second-order valence-corrected chi connectivity index (χ2v) is 8.43. The second kappa shape index (κ2) is 11.5. The summed E-state index contributed by atoms with van der Waals surface area (Å²) in [5.41, 5.74) is -0.188. The summed E-state index contributed by atoms with van der Waals surface area (Å²) in [7, 11) is 0. The highest BCUT2D eigenvalue weighted by molar-refractivity contribution is 5.79. The summed E-state index contributed by atoms with van der Waals surface area (Å²) in [5, 5.41) is 24.6. The number of halogens is 1. The number of alkyl halides is 1. The van der Waals surface area contributed by atoms with E-state index < -0.39 is 12.2 Å². The molecule has 2 fully saturated rings. The van der Waals surface area contributed by atoms with Crippen LogP contribution in [0, 0.1) is 11.3 Å². The molecule has 8 heteroatoms. The number of hydrogen-bond donors (Lipinski definition) is 3. The predicted octanol–water partition coefficient (Wildman–Crippen LogP) is 1.80. The molecule has 3 atom stereocenters. The zero-order chi connectivity index (χ0) is 21.3. The topological polar surface area (TPSA) is 105 Å². The van der Waals surface area contributed by atoms with Crippen molar-refractivity contribution < 1.29 is 19.1 Å². The van der Waals surface area contributed by atoms with Crippen molar-refractivity contribution >= 4 is 11.8 Å². The third-order valence-electron chi connectivity index (χ3n) is 6.28. The minimum Gasteiger partial charge on any atom is -0.394 e. The Balaban J connectivity index is 1.85. The molecule has 3 N–H and O–H groups in total. The van der Waals surface area contributed by atoms with E-state index in [-0.39, 0.29) is 49.5 Å². The van der Waals surface area contributed by atoms with Gasteiger partial charge in [0, 0.05) is 18.4 Å². The first-order valence-corrected chi connectivity index (χ1v) is 10.9. The van der Waals surface area contributed by atoms with Crippen LogP contribution in [-0.4, -0.2) is 65.3 Å². The molecule has 0 bridgehead atoms. The minimum absolute atomic E-state index is 0.00460. The maximum Gasteiger partial charge on any atom is 0.237 e. The Kier molecular flexibility index (Phi) is 9.31. The van der Waals surface area contributed by atoms with Gasteiger partial charge in [0.15, 0.2) is 0 Å². The normalized spacial score (nSPS) is 24.7. The van der Waals surface area contributed by atoms with Gasteiger partial charge in [-0.25, -0.2) is 4.39 Å². The highest BCUT2D eigenvalue weighted by Crippen LogP contribution is 2.32. The average molecular weight is 411 g/mol. The summed E-state index contributed by atoms with van der Waals surface area (Å²) in [6.07, 6.45) is 6.75. The summed E-state index contributed by atoms with van der Waals surface area (Å²) < 4.78 is 13.6. The lowest BCUT2D eigenvalue weighted by Gasteiger charge is -2.39. The number of hydrogen-bond acceptors (Lipinski definition) is 5. The molecule has 1 aliphatic carbocycles. The first-order valence-electron chi connectivity index (χ1n) is 10.9. The Labute approximate surface area is 173 Å². The van der Waals surface area contributed by atoms with Crippen LogP contribution in [0.1, 0.15) is 71.1 Å². The van der Waals surface area contributed by atoms with Gasteiger partial charge >= 0.3 is 0 Å². The maximum absolute atomic E-state index is 13.6. The fraction of sp³-hybridized carbons (Fsp3) is 0.857. The number of likely N-dealkylation sites (tertiary alicyclic amines) is 1. The minimum atomic E-state index is -1.13. The van der Waals surface area contributed by atoms with Crippen LogP contribution >= 0.6 is 0 Å². The van der Waals surface area contributed by atoms with Crippen molar-refractivity contribution in [2.75, 3.05) is 19.7 Å². The summed E-state index contributed by atoms with van der Waals surface area (Å²) >= 11 is 0. The number of amides is 2. The van der Waals surface area contributed by atoms with E-state index in [0.717, 1.165) is 32.1 Å². The lowest BCUT2D eigenvalue weighted by Crippen LogP contribution is -2.51. The molecule has 1 saturated carbocycles. The summed E-state index contributed by atoms with van der Waals surface area (Å²) in [6.45, 7) is 1.95. The molecule has 2 rings (SSSR count). The molecule has 2 unspecified atom stereocenters. The fourth-order valence-corrected chi connectivity index (χ4v) is 4.46. The number of nitrogens with zero attached hydrogens (tertiary/aromatic N) is 2. The molecule has 2 aliphatic rings. The van der Waals surface area contributed by atoms with Crippen LogP contribution in [-0.2, 0) is 9.59 Å². The van der Waals surface area contributed by atoms with E-state index in [0.29, 0.717) is 19.3 Å². The third kappa shape index (κ3) is 6.93. The highest BCUT2D eigenvalue weighted by Gasteiger charge is 2.37. The van der Waals surface area contributed by atoms with Gasteiger partial charge in [0.2, 0.25) is 11.8 Å². The van der Waals surface area contributed by atoms with E-state index in [1.807, 2.05) is 13.0 Å². The molecule has 29 heavy (non-hydrogen) atoms. The molecule has 2 amide bonds. The van der Waals surface area contributed by atoms with Gasteiger partial charge in [-0.15, -0.1) is 0 Å². The van der Waals surface area contributed by atoms with Gasteiger partial charge in [-0.05, 0) is 32.1 Å². The van der Waals surface area contributed by atoms with Crippen molar-refractivity contribution in [3.63, 3.8) is 0 Å². The SMILES string of the molecule is CCC(CO)NC(=O)CCCC1(NCC(=O)N2C[C@@H](F)CC2C#N)CCCCC1. The van der Waals surface area contributed by atoms with E-state index in [1.165, 1.54) is 11.3 Å². The van der Waals surface area contributed by atoms with Gasteiger partial charge in [-0.2, -0.15) is 5.26 Å². The Morgan fingerprint density at radius 3 is 2.69 bits per heavy atom. The summed E-state index contributed by atoms with van der Waals surface area (Å²) in [5.74, 6) is -0.288. The van der Waals surface area contributed by atoms with Crippen LogP contribution in [0.5, 0.6) is 0 Å². The number of rotatable bonds is 10. The molecule has 1 saturated heterocycles. The quantitative estimate of drug-likeness (QED) is 0.509. The lowest BCUT2D eigenvalue weighted by atomic mass is 9.78. The maximum atomic E-state index is 13.6. The van der Waals surface area contributed by atoms with Crippen molar-refractivity contribution in [3.05, 3.63) is 0 Å². The fourth-order valence-electron chi connectivity index (χ4n) is 4.46. The number of aliphatic hydroxyl groups is 1. The molecular formula is C21H35FN4O3. The van der Waals surface area contributed by atoms with Crippen molar-refractivity contribution in [1.82, 2.24) is 15.5 Å². The van der Waals surface area contributed by atoms with Gasteiger partial charge < -0.3 is 20.6 Å². The van der Waals surface area contributed by atoms with E-state index in [2.05, 4.69) is 10.6 Å². The Morgan fingerprint density at radius 1 is 1.34 bits per heavy atom. The first kappa shape index (κ1) is 23.6. The van der Waals surface area contributed by atoms with Crippen LogP contribution < -0.4 is 10.6 Å². The van der Waals surface area contributed by atoms with Crippen LogP contribution in [0.15, 0.2) is 0 Å². The highest BCUT2D eigenvalue weighted by atomic mass is 19.1. The summed E-state index contributed by atoms with van der Waals surface area (Å²) in [4.78, 5) is 26.0. The predicted molar refractivity (Wildman–Crippen MR) is 108 cm³/mol. The number of nitriles is 1. The number of nitrogens with one attached hydrogen (secondary N) is 2. The van der Waals surface area contributed by atoms with Gasteiger partial charge in [-0.1, -0.05) is 26.2 Å². The Hall–Kier alpha value is -1.72.